The van der Waals surface area contributed by atoms with Gasteiger partial charge < -0.3 is 9.47 Å². The van der Waals surface area contributed by atoms with Crippen LogP contribution in [0.2, 0.25) is 0 Å². The molecule has 1 heterocycles. The molecule has 0 fully saturated rings. The first-order chi connectivity index (χ1) is 10.2. The van der Waals surface area contributed by atoms with E-state index < -0.39 is 0 Å². The number of ether oxygens (including phenoxy) is 2. The van der Waals surface area contributed by atoms with Gasteiger partial charge in [0.15, 0.2) is 0 Å². The predicted molar refractivity (Wildman–Crippen MR) is 81.9 cm³/mol. The number of hydrogen-bond donors (Lipinski definition) is 2. The van der Waals surface area contributed by atoms with Crippen molar-refractivity contribution < 1.29 is 9.47 Å². The normalized spacial score (nSPS) is 10.2. The number of halogens is 1. The molecule has 1 aromatic carbocycles. The minimum absolute atomic E-state index is 0.157. The SMILES string of the molecule is CCCOc1nc(NN)nc(OCc2cccc(Br)c2)n1. The zero-order valence-electron chi connectivity index (χ0n) is 11.5. The predicted octanol–water partition coefficient (Wildman–Crippen LogP) is 2.29. The maximum Gasteiger partial charge on any atom is 0.324 e. The van der Waals surface area contributed by atoms with E-state index in [0.29, 0.717) is 13.2 Å². The molecule has 1 aromatic heterocycles. The summed E-state index contributed by atoms with van der Waals surface area (Å²) in [4.78, 5) is 12.1. The van der Waals surface area contributed by atoms with E-state index >= 15 is 0 Å². The second kappa shape index (κ2) is 7.75. The van der Waals surface area contributed by atoms with Crippen LogP contribution in [0.15, 0.2) is 28.7 Å². The number of benzene rings is 1. The summed E-state index contributed by atoms with van der Waals surface area (Å²) in [6.07, 6.45) is 0.852. The van der Waals surface area contributed by atoms with Crippen molar-refractivity contribution in [3.05, 3.63) is 34.3 Å². The molecule has 0 saturated heterocycles. The molecular formula is C13H16BrN5O2. The van der Waals surface area contributed by atoms with Crippen LogP contribution in [0.4, 0.5) is 5.95 Å². The number of nitrogens with one attached hydrogen (secondary N) is 1. The molecule has 21 heavy (non-hydrogen) atoms. The number of rotatable bonds is 7. The largest absolute Gasteiger partial charge is 0.463 e. The Kier molecular flexibility index (Phi) is 5.70. The van der Waals surface area contributed by atoms with Gasteiger partial charge in [-0.05, 0) is 24.1 Å². The number of aromatic nitrogens is 3. The van der Waals surface area contributed by atoms with Crippen LogP contribution >= 0.6 is 15.9 Å². The van der Waals surface area contributed by atoms with E-state index in [-0.39, 0.29) is 18.0 Å². The lowest BCUT2D eigenvalue weighted by Crippen LogP contribution is -2.13. The second-order valence-corrected chi connectivity index (χ2v) is 5.05. The quantitative estimate of drug-likeness (QED) is 0.582. The molecule has 0 aliphatic rings. The molecule has 2 rings (SSSR count). The first kappa shape index (κ1) is 15.5. The number of nitrogens with two attached hydrogens (primary N) is 1. The minimum Gasteiger partial charge on any atom is -0.463 e. The highest BCUT2D eigenvalue weighted by Gasteiger charge is 2.08. The molecule has 112 valence electrons. The van der Waals surface area contributed by atoms with E-state index in [2.05, 4.69) is 36.3 Å². The second-order valence-electron chi connectivity index (χ2n) is 4.14. The molecule has 0 aliphatic heterocycles. The Bertz CT molecular complexity index is 597. The fourth-order valence-electron chi connectivity index (χ4n) is 1.50. The maximum atomic E-state index is 5.55. The van der Waals surface area contributed by atoms with Crippen molar-refractivity contribution in [2.75, 3.05) is 12.0 Å². The van der Waals surface area contributed by atoms with E-state index in [4.69, 9.17) is 15.3 Å². The van der Waals surface area contributed by atoms with E-state index in [0.717, 1.165) is 16.5 Å². The highest BCUT2D eigenvalue weighted by atomic mass is 79.9. The van der Waals surface area contributed by atoms with Crippen LogP contribution in [0, 0.1) is 0 Å². The van der Waals surface area contributed by atoms with Gasteiger partial charge in [0, 0.05) is 4.47 Å². The lowest BCUT2D eigenvalue weighted by molar-refractivity contribution is 0.256. The zero-order valence-corrected chi connectivity index (χ0v) is 13.1. The number of nitrogens with zero attached hydrogens (tertiary/aromatic N) is 3. The maximum absolute atomic E-state index is 5.55. The Labute approximate surface area is 131 Å². The van der Waals surface area contributed by atoms with E-state index in [1.807, 2.05) is 31.2 Å². The highest BCUT2D eigenvalue weighted by molar-refractivity contribution is 9.10. The molecule has 0 saturated carbocycles. The number of hydrogen-bond acceptors (Lipinski definition) is 7. The molecule has 0 atom stereocenters. The summed E-state index contributed by atoms with van der Waals surface area (Å²) in [5, 5.41) is 0. The third-order valence-electron chi connectivity index (χ3n) is 2.42. The number of anilines is 1. The molecule has 0 aliphatic carbocycles. The molecule has 3 N–H and O–H groups in total. The van der Waals surface area contributed by atoms with Gasteiger partial charge in [0.05, 0.1) is 6.61 Å². The summed E-state index contributed by atoms with van der Waals surface area (Å²) in [6, 6.07) is 8.12. The highest BCUT2D eigenvalue weighted by Crippen LogP contribution is 2.16. The molecule has 2 aromatic rings. The lowest BCUT2D eigenvalue weighted by atomic mass is 10.2. The Morgan fingerprint density at radius 3 is 2.62 bits per heavy atom. The van der Waals surface area contributed by atoms with Crippen LogP contribution < -0.4 is 20.7 Å². The molecule has 0 bridgehead atoms. The van der Waals surface area contributed by atoms with Gasteiger partial charge in [-0.1, -0.05) is 35.0 Å². The van der Waals surface area contributed by atoms with Gasteiger partial charge in [-0.3, -0.25) is 5.43 Å². The Hall–Kier alpha value is -1.93. The summed E-state index contributed by atoms with van der Waals surface area (Å²) in [5.74, 6) is 5.52. The van der Waals surface area contributed by atoms with Crippen LogP contribution in [-0.2, 0) is 6.61 Å². The minimum atomic E-state index is 0.157. The van der Waals surface area contributed by atoms with Crippen LogP contribution in [0.3, 0.4) is 0 Å². The van der Waals surface area contributed by atoms with Crippen LogP contribution in [-0.4, -0.2) is 21.6 Å². The fourth-order valence-corrected chi connectivity index (χ4v) is 1.95. The first-order valence-electron chi connectivity index (χ1n) is 6.44. The molecule has 7 nitrogen and oxygen atoms in total. The third-order valence-corrected chi connectivity index (χ3v) is 2.91. The first-order valence-corrected chi connectivity index (χ1v) is 7.23. The van der Waals surface area contributed by atoms with Gasteiger partial charge >= 0.3 is 12.0 Å². The monoisotopic (exact) mass is 353 g/mol. The smallest absolute Gasteiger partial charge is 0.324 e. The summed E-state index contributed by atoms with van der Waals surface area (Å²) < 4.78 is 11.9. The van der Waals surface area contributed by atoms with Crippen molar-refractivity contribution in [3.8, 4) is 12.0 Å². The summed E-state index contributed by atoms with van der Waals surface area (Å²) in [6.45, 7) is 2.84. The summed E-state index contributed by atoms with van der Waals surface area (Å²) in [5.41, 5.74) is 3.35. The Morgan fingerprint density at radius 2 is 1.95 bits per heavy atom. The van der Waals surface area contributed by atoms with Gasteiger partial charge in [0.1, 0.15) is 6.61 Å². The average molecular weight is 354 g/mol. The standard InChI is InChI=1S/C13H16BrN5O2/c1-2-6-20-12-16-11(19-15)17-13(18-12)21-8-9-4-3-5-10(14)7-9/h3-5,7H,2,6,8,15H2,1H3,(H,16,17,18,19). The van der Waals surface area contributed by atoms with E-state index in [9.17, 15) is 0 Å². The topological polar surface area (TPSA) is 95.2 Å². The molecule has 0 radical (unpaired) electrons. The van der Waals surface area contributed by atoms with Gasteiger partial charge in [0.2, 0.25) is 5.95 Å². The molecule has 0 amide bonds. The molecular weight excluding hydrogens is 338 g/mol. The Balaban J connectivity index is 2.07. The lowest BCUT2D eigenvalue weighted by Gasteiger charge is -2.08. The van der Waals surface area contributed by atoms with Crippen molar-refractivity contribution in [2.24, 2.45) is 5.84 Å². The number of hydrazine groups is 1. The van der Waals surface area contributed by atoms with Gasteiger partial charge in [-0.15, -0.1) is 4.98 Å². The van der Waals surface area contributed by atoms with E-state index in [1.165, 1.54) is 0 Å². The van der Waals surface area contributed by atoms with Crippen molar-refractivity contribution in [2.45, 2.75) is 20.0 Å². The van der Waals surface area contributed by atoms with Crippen molar-refractivity contribution >= 4 is 21.9 Å². The number of nitrogen functional groups attached to an aromatic ring is 1. The van der Waals surface area contributed by atoms with Gasteiger partial charge in [-0.25, -0.2) is 5.84 Å². The summed E-state index contributed by atoms with van der Waals surface area (Å²) >= 11 is 3.41. The van der Waals surface area contributed by atoms with Crippen LogP contribution in [0.25, 0.3) is 0 Å². The molecule has 0 spiro atoms. The zero-order chi connectivity index (χ0) is 15.1. The molecule has 8 heteroatoms. The van der Waals surface area contributed by atoms with Crippen molar-refractivity contribution in [1.29, 1.82) is 0 Å². The molecule has 0 unspecified atom stereocenters. The van der Waals surface area contributed by atoms with Crippen LogP contribution in [0.1, 0.15) is 18.9 Å². The van der Waals surface area contributed by atoms with Gasteiger partial charge in [0.25, 0.3) is 0 Å². The average Bonchev–Trinajstić information content (AvgIpc) is 2.51. The fraction of sp³-hybridized carbons (Fsp3) is 0.308. The van der Waals surface area contributed by atoms with Crippen LogP contribution in [0.5, 0.6) is 12.0 Å². The Morgan fingerprint density at radius 1 is 1.19 bits per heavy atom. The van der Waals surface area contributed by atoms with Crippen molar-refractivity contribution in [3.63, 3.8) is 0 Å². The summed E-state index contributed by atoms with van der Waals surface area (Å²) in [7, 11) is 0. The van der Waals surface area contributed by atoms with Gasteiger partial charge in [-0.2, -0.15) is 9.97 Å². The van der Waals surface area contributed by atoms with E-state index in [1.54, 1.807) is 0 Å². The third kappa shape index (κ3) is 4.83. The van der Waals surface area contributed by atoms with Crippen molar-refractivity contribution in [1.82, 2.24) is 15.0 Å².